The Morgan fingerprint density at radius 3 is 2.38 bits per heavy atom. The van der Waals surface area contributed by atoms with Crippen molar-refractivity contribution in [1.82, 2.24) is 0 Å². The van der Waals surface area contributed by atoms with Gasteiger partial charge in [-0.15, -0.1) is 0 Å². The maximum absolute atomic E-state index is 9.68. The molecule has 2 N–H and O–H groups in total. The van der Waals surface area contributed by atoms with Crippen LogP contribution in [-0.4, -0.2) is 10.2 Å². The second kappa shape index (κ2) is 4.28. The highest BCUT2D eigenvalue weighted by molar-refractivity contribution is 5.40. The predicted molar refractivity (Wildman–Crippen MR) is 52.6 cm³/mol. The van der Waals surface area contributed by atoms with Crippen molar-refractivity contribution >= 4 is 0 Å². The number of benzene rings is 1. The first-order valence-corrected chi connectivity index (χ1v) is 4.55. The van der Waals surface area contributed by atoms with Crippen LogP contribution in [0.15, 0.2) is 18.2 Å². The molecule has 1 rings (SSSR count). The maximum Gasteiger partial charge on any atom is 0.124 e. The summed E-state index contributed by atoms with van der Waals surface area (Å²) in [6, 6.07) is 5.50. The van der Waals surface area contributed by atoms with Crippen molar-refractivity contribution in [2.24, 2.45) is 5.92 Å². The number of aromatic hydroxyl groups is 1. The lowest BCUT2D eigenvalue weighted by atomic mass is 10.00. The van der Waals surface area contributed by atoms with Crippen LogP contribution in [0.1, 0.15) is 25.0 Å². The molecule has 0 aliphatic heterocycles. The van der Waals surface area contributed by atoms with Gasteiger partial charge in [0, 0.05) is 5.56 Å². The second-order valence-corrected chi connectivity index (χ2v) is 3.68. The van der Waals surface area contributed by atoms with Crippen molar-refractivity contribution in [2.45, 2.75) is 26.9 Å². The fraction of sp³-hybridized carbons (Fsp3) is 0.455. The Hall–Kier alpha value is -1.02. The summed E-state index contributed by atoms with van der Waals surface area (Å²) in [6.07, 6.45) is 0.847. The molecule has 0 saturated heterocycles. The van der Waals surface area contributed by atoms with Gasteiger partial charge in [0.25, 0.3) is 0 Å². The summed E-state index contributed by atoms with van der Waals surface area (Å²) in [5.41, 5.74) is 1.53. The Balaban J connectivity index is 2.94. The average Bonchev–Trinajstić information content (AvgIpc) is 2.08. The van der Waals surface area contributed by atoms with Crippen LogP contribution in [0.3, 0.4) is 0 Å². The Kier molecular flexibility index (Phi) is 3.32. The lowest BCUT2D eigenvalue weighted by Gasteiger charge is -2.09. The highest BCUT2D eigenvalue weighted by Gasteiger charge is 2.06. The van der Waals surface area contributed by atoms with Crippen LogP contribution >= 0.6 is 0 Å². The van der Waals surface area contributed by atoms with E-state index in [2.05, 4.69) is 13.8 Å². The van der Waals surface area contributed by atoms with E-state index < -0.39 is 0 Å². The van der Waals surface area contributed by atoms with Crippen molar-refractivity contribution in [3.63, 3.8) is 0 Å². The van der Waals surface area contributed by atoms with Gasteiger partial charge in [-0.25, -0.2) is 0 Å². The molecule has 0 aliphatic carbocycles. The van der Waals surface area contributed by atoms with Gasteiger partial charge in [0.1, 0.15) is 5.75 Å². The molecule has 2 heteroatoms. The number of hydrogen-bond donors (Lipinski definition) is 2. The van der Waals surface area contributed by atoms with Gasteiger partial charge < -0.3 is 10.2 Å². The summed E-state index contributed by atoms with van der Waals surface area (Å²) in [4.78, 5) is 0. The lowest BCUT2D eigenvalue weighted by molar-refractivity contribution is 0.275. The fourth-order valence-electron chi connectivity index (χ4n) is 1.38. The molecule has 0 heterocycles. The summed E-state index contributed by atoms with van der Waals surface area (Å²) in [6.45, 7) is 4.11. The van der Waals surface area contributed by atoms with E-state index >= 15 is 0 Å². The van der Waals surface area contributed by atoms with Gasteiger partial charge >= 0.3 is 0 Å². The Morgan fingerprint density at radius 2 is 1.85 bits per heavy atom. The van der Waals surface area contributed by atoms with Crippen molar-refractivity contribution in [1.29, 1.82) is 0 Å². The molecule has 1 aromatic rings. The average molecular weight is 180 g/mol. The van der Waals surface area contributed by atoms with Gasteiger partial charge in [-0.2, -0.15) is 0 Å². The van der Waals surface area contributed by atoms with E-state index in [1.807, 2.05) is 12.1 Å². The van der Waals surface area contributed by atoms with Crippen LogP contribution in [0.2, 0.25) is 0 Å². The Labute approximate surface area is 78.8 Å². The maximum atomic E-state index is 9.68. The zero-order chi connectivity index (χ0) is 9.84. The number of hydrogen-bond acceptors (Lipinski definition) is 2. The quantitative estimate of drug-likeness (QED) is 0.747. The van der Waals surface area contributed by atoms with Crippen LogP contribution in [0, 0.1) is 5.92 Å². The first-order valence-electron chi connectivity index (χ1n) is 4.55. The highest BCUT2D eigenvalue weighted by atomic mass is 16.3. The molecule has 0 fully saturated rings. The molecule has 0 saturated carbocycles. The first-order chi connectivity index (χ1) is 6.15. The number of para-hydroxylation sites is 1. The summed E-state index contributed by atoms with van der Waals surface area (Å²) in [5.74, 6) is 0.763. The molecular formula is C11H16O2. The van der Waals surface area contributed by atoms with E-state index in [1.165, 1.54) is 0 Å². The molecule has 0 spiro atoms. The normalized spacial score (nSPS) is 10.8. The van der Waals surface area contributed by atoms with E-state index in [9.17, 15) is 5.11 Å². The van der Waals surface area contributed by atoms with Gasteiger partial charge in [-0.05, 0) is 17.9 Å². The number of phenols is 1. The molecule has 0 aromatic heterocycles. The largest absolute Gasteiger partial charge is 0.507 e. The number of aliphatic hydroxyl groups excluding tert-OH is 1. The fourth-order valence-corrected chi connectivity index (χ4v) is 1.38. The first kappa shape index (κ1) is 10.1. The van der Waals surface area contributed by atoms with Crippen molar-refractivity contribution in [3.8, 4) is 5.75 Å². The van der Waals surface area contributed by atoms with Gasteiger partial charge in [-0.3, -0.25) is 0 Å². The van der Waals surface area contributed by atoms with Crippen LogP contribution in [0.5, 0.6) is 5.75 Å². The monoisotopic (exact) mass is 180 g/mol. The molecule has 0 aliphatic rings. The Bertz CT molecular complexity index is 279. The summed E-state index contributed by atoms with van der Waals surface area (Å²) in [7, 11) is 0. The summed E-state index contributed by atoms with van der Waals surface area (Å²) in [5, 5.41) is 18.6. The van der Waals surface area contributed by atoms with E-state index in [0.29, 0.717) is 11.5 Å². The third kappa shape index (κ3) is 2.46. The summed E-state index contributed by atoms with van der Waals surface area (Å²) >= 11 is 0. The minimum atomic E-state index is -0.0994. The van der Waals surface area contributed by atoms with Crippen molar-refractivity contribution in [3.05, 3.63) is 29.3 Å². The third-order valence-electron chi connectivity index (χ3n) is 2.00. The van der Waals surface area contributed by atoms with Crippen LogP contribution in [-0.2, 0) is 13.0 Å². The van der Waals surface area contributed by atoms with Crippen LogP contribution in [0.25, 0.3) is 0 Å². The molecule has 72 valence electrons. The van der Waals surface area contributed by atoms with Crippen molar-refractivity contribution < 1.29 is 10.2 Å². The van der Waals surface area contributed by atoms with Gasteiger partial charge in [0.15, 0.2) is 0 Å². The van der Waals surface area contributed by atoms with Gasteiger partial charge in [-0.1, -0.05) is 32.0 Å². The third-order valence-corrected chi connectivity index (χ3v) is 2.00. The van der Waals surface area contributed by atoms with Crippen molar-refractivity contribution in [2.75, 3.05) is 0 Å². The summed E-state index contributed by atoms with van der Waals surface area (Å²) < 4.78 is 0. The molecule has 0 radical (unpaired) electrons. The molecule has 0 bridgehead atoms. The molecule has 13 heavy (non-hydrogen) atoms. The zero-order valence-corrected chi connectivity index (χ0v) is 8.12. The van der Waals surface area contributed by atoms with Crippen LogP contribution < -0.4 is 0 Å². The molecule has 0 amide bonds. The van der Waals surface area contributed by atoms with Gasteiger partial charge in [0.05, 0.1) is 6.61 Å². The SMILES string of the molecule is CC(C)Cc1cccc(CO)c1O. The predicted octanol–water partition coefficient (Wildman–Crippen LogP) is 2.08. The molecule has 2 nitrogen and oxygen atoms in total. The molecule has 0 atom stereocenters. The lowest BCUT2D eigenvalue weighted by Crippen LogP contribution is -1.96. The molecular weight excluding hydrogens is 164 g/mol. The minimum absolute atomic E-state index is 0.0994. The standard InChI is InChI=1S/C11H16O2/c1-8(2)6-9-4-3-5-10(7-12)11(9)13/h3-5,8,12-13H,6-7H2,1-2H3. The second-order valence-electron chi connectivity index (χ2n) is 3.68. The Morgan fingerprint density at radius 1 is 1.23 bits per heavy atom. The van der Waals surface area contributed by atoms with Crippen LogP contribution in [0.4, 0.5) is 0 Å². The van der Waals surface area contributed by atoms with E-state index in [1.54, 1.807) is 6.07 Å². The highest BCUT2D eigenvalue weighted by Crippen LogP contribution is 2.24. The number of aliphatic hydroxyl groups is 1. The van der Waals surface area contributed by atoms with E-state index in [4.69, 9.17) is 5.11 Å². The topological polar surface area (TPSA) is 40.5 Å². The van der Waals surface area contributed by atoms with E-state index in [0.717, 1.165) is 12.0 Å². The molecule has 0 unspecified atom stereocenters. The van der Waals surface area contributed by atoms with E-state index in [-0.39, 0.29) is 12.4 Å². The zero-order valence-electron chi connectivity index (χ0n) is 8.12. The number of rotatable bonds is 3. The minimum Gasteiger partial charge on any atom is -0.507 e. The molecule has 1 aromatic carbocycles. The van der Waals surface area contributed by atoms with Gasteiger partial charge in [0.2, 0.25) is 0 Å². The smallest absolute Gasteiger partial charge is 0.124 e.